The van der Waals surface area contributed by atoms with Crippen LogP contribution in [0, 0.1) is 0 Å². The monoisotopic (exact) mass is 194 g/mol. The average molecular weight is 194 g/mol. The summed E-state index contributed by atoms with van der Waals surface area (Å²) in [6.07, 6.45) is 1.36. The lowest BCUT2D eigenvalue weighted by Gasteiger charge is -1.91. The first kappa shape index (κ1) is 8.42. The van der Waals surface area contributed by atoms with E-state index >= 15 is 0 Å². The van der Waals surface area contributed by atoms with Gasteiger partial charge in [0.1, 0.15) is 0 Å². The number of aromatic hydroxyl groups is 1. The number of rotatable bonds is 1. The Morgan fingerprint density at radius 3 is 3.07 bits per heavy atom. The smallest absolute Gasteiger partial charge is 0.378 e. The van der Waals surface area contributed by atoms with Crippen molar-refractivity contribution in [3.8, 4) is 5.88 Å². The normalized spacial score (nSPS) is 10.4. The molecule has 1 N–H and O–H groups in total. The van der Waals surface area contributed by atoms with Gasteiger partial charge in [0, 0.05) is 12.3 Å². The third kappa shape index (κ3) is 1.15. The van der Waals surface area contributed by atoms with Gasteiger partial charge >= 0.3 is 5.97 Å². The van der Waals surface area contributed by atoms with Crippen LogP contribution in [0.3, 0.4) is 0 Å². The Labute approximate surface area is 78.0 Å². The Morgan fingerprint density at radius 1 is 1.64 bits per heavy atom. The summed E-state index contributed by atoms with van der Waals surface area (Å²) in [4.78, 5) is 18.6. The molecule has 72 valence electrons. The van der Waals surface area contributed by atoms with Crippen molar-refractivity contribution in [2.45, 2.75) is 0 Å². The quantitative estimate of drug-likeness (QED) is 0.622. The van der Waals surface area contributed by atoms with Crippen molar-refractivity contribution in [2.24, 2.45) is 0 Å². The molecular formula is C7H6N4O3. The number of hydrogen-bond acceptors (Lipinski definition) is 6. The summed E-state index contributed by atoms with van der Waals surface area (Å²) in [5.41, 5.74) is 0. The molecule has 0 aromatic carbocycles. The first-order valence-corrected chi connectivity index (χ1v) is 3.71. The molecule has 0 aliphatic heterocycles. The zero-order valence-electron chi connectivity index (χ0n) is 7.21. The van der Waals surface area contributed by atoms with E-state index in [0.29, 0.717) is 0 Å². The highest BCUT2D eigenvalue weighted by molar-refractivity contribution is 5.85. The Bertz CT molecular complexity index is 493. The van der Waals surface area contributed by atoms with Crippen LogP contribution in [0.2, 0.25) is 0 Å². The molecule has 0 amide bonds. The molecule has 2 aromatic heterocycles. The van der Waals surface area contributed by atoms with E-state index < -0.39 is 5.97 Å². The van der Waals surface area contributed by atoms with Crippen molar-refractivity contribution < 1.29 is 14.6 Å². The Morgan fingerprint density at radius 2 is 2.43 bits per heavy atom. The van der Waals surface area contributed by atoms with Crippen LogP contribution in [0.25, 0.3) is 5.78 Å². The average Bonchev–Trinajstić information content (AvgIpc) is 2.62. The molecule has 0 aliphatic carbocycles. The molecule has 2 heterocycles. The number of ether oxygens (including phenoxy) is 1. The van der Waals surface area contributed by atoms with E-state index in [1.54, 1.807) is 0 Å². The molecule has 0 atom stereocenters. The van der Waals surface area contributed by atoms with E-state index in [2.05, 4.69) is 19.8 Å². The van der Waals surface area contributed by atoms with Crippen molar-refractivity contribution in [3.63, 3.8) is 0 Å². The number of hydrogen-bond donors (Lipinski definition) is 1. The number of nitrogens with zero attached hydrogens (tertiary/aromatic N) is 4. The van der Waals surface area contributed by atoms with Gasteiger partial charge < -0.3 is 9.84 Å². The molecule has 0 aliphatic rings. The van der Waals surface area contributed by atoms with Gasteiger partial charge in [0.25, 0.3) is 11.6 Å². The Kier molecular flexibility index (Phi) is 1.77. The van der Waals surface area contributed by atoms with Crippen molar-refractivity contribution in [2.75, 3.05) is 7.11 Å². The first-order valence-electron chi connectivity index (χ1n) is 3.71. The Balaban J connectivity index is 2.62. The number of carbonyl (C=O) groups excluding carboxylic acids is 1. The van der Waals surface area contributed by atoms with Gasteiger partial charge in [-0.15, -0.1) is 5.10 Å². The van der Waals surface area contributed by atoms with Gasteiger partial charge in [0.05, 0.1) is 7.11 Å². The van der Waals surface area contributed by atoms with Gasteiger partial charge in [0.2, 0.25) is 5.88 Å². The minimum absolute atomic E-state index is 0.137. The molecule has 14 heavy (non-hydrogen) atoms. The number of fused-ring (bicyclic) bond motifs is 1. The van der Waals surface area contributed by atoms with Crippen LogP contribution in [0.5, 0.6) is 5.88 Å². The molecule has 2 aromatic rings. The van der Waals surface area contributed by atoms with E-state index in [1.165, 1.54) is 19.4 Å². The lowest BCUT2D eigenvalue weighted by Crippen LogP contribution is -2.03. The number of carbonyl (C=O) groups is 1. The largest absolute Gasteiger partial charge is 0.493 e. The van der Waals surface area contributed by atoms with E-state index in [0.717, 1.165) is 4.52 Å². The second-order valence-corrected chi connectivity index (χ2v) is 2.44. The van der Waals surface area contributed by atoms with Gasteiger partial charge in [-0.2, -0.15) is 9.50 Å². The van der Waals surface area contributed by atoms with Gasteiger partial charge in [-0.25, -0.2) is 9.78 Å². The van der Waals surface area contributed by atoms with Gasteiger partial charge in [-0.05, 0) is 0 Å². The predicted octanol–water partition coefficient (Wildman–Crippen LogP) is -0.384. The van der Waals surface area contributed by atoms with E-state index in [1.807, 2.05) is 0 Å². The fraction of sp³-hybridized carbons (Fsp3) is 0.143. The van der Waals surface area contributed by atoms with Crippen molar-refractivity contribution >= 4 is 11.7 Å². The molecule has 7 nitrogen and oxygen atoms in total. The van der Waals surface area contributed by atoms with Crippen LogP contribution in [-0.2, 0) is 4.74 Å². The first-order chi connectivity index (χ1) is 6.72. The maximum atomic E-state index is 11.0. The van der Waals surface area contributed by atoms with E-state index in [-0.39, 0.29) is 17.5 Å². The fourth-order valence-electron chi connectivity index (χ4n) is 0.960. The second-order valence-electron chi connectivity index (χ2n) is 2.44. The molecule has 7 heteroatoms. The molecule has 0 bridgehead atoms. The van der Waals surface area contributed by atoms with Crippen LogP contribution in [0.15, 0.2) is 12.3 Å². The van der Waals surface area contributed by atoms with Crippen LogP contribution < -0.4 is 0 Å². The molecule has 0 spiro atoms. The fourth-order valence-corrected chi connectivity index (χ4v) is 0.960. The number of esters is 1. The van der Waals surface area contributed by atoms with Crippen LogP contribution in [-0.4, -0.2) is 37.8 Å². The SMILES string of the molecule is COC(=O)c1nc2nccc(O)n2n1. The van der Waals surface area contributed by atoms with Gasteiger partial charge in [-0.3, -0.25) is 0 Å². The second kappa shape index (κ2) is 2.95. The number of aromatic nitrogens is 4. The summed E-state index contributed by atoms with van der Waals surface area (Å²) in [6, 6.07) is 1.34. The number of methoxy groups -OCH3 is 1. The van der Waals surface area contributed by atoms with Crippen LogP contribution in [0.4, 0.5) is 0 Å². The summed E-state index contributed by atoms with van der Waals surface area (Å²) >= 11 is 0. The van der Waals surface area contributed by atoms with Crippen molar-refractivity contribution in [1.82, 2.24) is 19.6 Å². The van der Waals surface area contributed by atoms with Gasteiger partial charge in [-0.1, -0.05) is 0 Å². The highest BCUT2D eigenvalue weighted by Gasteiger charge is 2.14. The van der Waals surface area contributed by atoms with E-state index in [4.69, 9.17) is 0 Å². The van der Waals surface area contributed by atoms with Crippen molar-refractivity contribution in [1.29, 1.82) is 0 Å². The molecule has 0 saturated carbocycles. The zero-order valence-corrected chi connectivity index (χ0v) is 7.21. The maximum absolute atomic E-state index is 11.0. The molecule has 0 unspecified atom stereocenters. The molecular weight excluding hydrogens is 188 g/mol. The standard InChI is InChI=1S/C7H6N4O3/c1-14-6(13)5-9-7-8-3-2-4(12)11(7)10-5/h2-3,12H,1H3. The summed E-state index contributed by atoms with van der Waals surface area (Å²) in [7, 11) is 1.22. The lowest BCUT2D eigenvalue weighted by molar-refractivity contribution is 0.0587. The summed E-state index contributed by atoms with van der Waals surface area (Å²) in [5.74, 6) is -0.806. The zero-order chi connectivity index (χ0) is 10.1. The van der Waals surface area contributed by atoms with Crippen LogP contribution >= 0.6 is 0 Å². The highest BCUT2D eigenvalue weighted by atomic mass is 16.5. The molecule has 0 fully saturated rings. The minimum atomic E-state index is -0.671. The topological polar surface area (TPSA) is 89.6 Å². The maximum Gasteiger partial charge on any atom is 0.378 e. The predicted molar refractivity (Wildman–Crippen MR) is 43.8 cm³/mol. The summed E-state index contributed by atoms with van der Waals surface area (Å²) in [5, 5.41) is 13.0. The third-order valence-corrected chi connectivity index (χ3v) is 1.59. The highest BCUT2D eigenvalue weighted by Crippen LogP contribution is 2.08. The summed E-state index contributed by atoms with van der Waals surface area (Å²) in [6.45, 7) is 0. The van der Waals surface area contributed by atoms with E-state index in [9.17, 15) is 9.90 Å². The summed E-state index contributed by atoms with van der Waals surface area (Å²) < 4.78 is 5.47. The van der Waals surface area contributed by atoms with Crippen molar-refractivity contribution in [3.05, 3.63) is 18.1 Å². The Hall–Kier alpha value is -2.18. The third-order valence-electron chi connectivity index (χ3n) is 1.59. The van der Waals surface area contributed by atoms with Gasteiger partial charge in [0.15, 0.2) is 0 Å². The molecule has 0 saturated heterocycles. The lowest BCUT2D eigenvalue weighted by atomic mass is 10.6. The van der Waals surface area contributed by atoms with Crippen LogP contribution in [0.1, 0.15) is 10.6 Å². The minimum Gasteiger partial charge on any atom is -0.493 e. The molecule has 0 radical (unpaired) electrons. The molecule has 2 rings (SSSR count).